The molecule has 0 fully saturated rings. The lowest BCUT2D eigenvalue weighted by molar-refractivity contribution is 0.0978. The molecule has 4 rings (SSSR count). The summed E-state index contributed by atoms with van der Waals surface area (Å²) in [5, 5.41) is 21.1. The summed E-state index contributed by atoms with van der Waals surface area (Å²) in [5.74, 6) is -0.553. The number of aryl methyl sites for hydroxylation is 1. The predicted molar refractivity (Wildman–Crippen MR) is 127 cm³/mol. The highest BCUT2D eigenvalue weighted by Gasteiger charge is 2.28. The average molecular weight is 453 g/mol. The lowest BCUT2D eigenvalue weighted by Crippen LogP contribution is -2.12. The second kappa shape index (κ2) is 9.12. The van der Waals surface area contributed by atoms with Crippen LogP contribution < -0.4 is 4.74 Å². The van der Waals surface area contributed by atoms with Crippen molar-refractivity contribution in [2.45, 2.75) is 19.8 Å². The fourth-order valence-corrected chi connectivity index (χ4v) is 4.68. The first-order valence-corrected chi connectivity index (χ1v) is 11.1. The number of hydrogen-bond acceptors (Lipinski definition) is 6. The van der Waals surface area contributed by atoms with Crippen LogP contribution in [-0.4, -0.2) is 22.4 Å². The lowest BCUT2D eigenvalue weighted by Gasteiger charge is -2.11. The van der Waals surface area contributed by atoms with E-state index in [1.54, 1.807) is 19.2 Å². The molecule has 4 aromatic rings. The minimum absolute atomic E-state index is 0.277. The second-order valence-corrected chi connectivity index (χ2v) is 8.40. The minimum Gasteiger partial charge on any atom is -0.497 e. The first-order chi connectivity index (χ1) is 16.0. The number of rotatable bonds is 6. The zero-order valence-corrected chi connectivity index (χ0v) is 19.2. The Hall–Kier alpha value is -4.20. The molecule has 0 bridgehead atoms. The number of ether oxygens (including phenoxy) is 1. The van der Waals surface area contributed by atoms with Crippen LogP contribution in [0.4, 0.5) is 0 Å². The van der Waals surface area contributed by atoms with Crippen LogP contribution in [-0.2, 0) is 0 Å². The number of carbonyl (C=O) groups excluding carboxylic acids is 1. The molecule has 0 aliphatic heterocycles. The summed E-state index contributed by atoms with van der Waals surface area (Å²) in [6.07, 6.45) is 0. The van der Waals surface area contributed by atoms with E-state index in [1.165, 1.54) is 11.3 Å². The van der Waals surface area contributed by atoms with Crippen LogP contribution in [0.3, 0.4) is 0 Å². The van der Waals surface area contributed by atoms with Gasteiger partial charge in [0.25, 0.3) is 0 Å². The van der Waals surface area contributed by atoms with Gasteiger partial charge < -0.3 is 9.30 Å². The summed E-state index contributed by atoms with van der Waals surface area (Å²) >= 11 is 1.29. The molecule has 0 saturated carbocycles. The quantitative estimate of drug-likeness (QED) is 0.356. The summed E-state index contributed by atoms with van der Waals surface area (Å²) in [4.78, 5) is 18.0. The Morgan fingerprint density at radius 2 is 1.88 bits per heavy atom. The maximum Gasteiger partial charge on any atom is 0.188 e. The van der Waals surface area contributed by atoms with Crippen LogP contribution in [0.25, 0.3) is 16.9 Å². The summed E-state index contributed by atoms with van der Waals surface area (Å²) in [6.45, 7) is 3.80. The normalized spacial score (nSPS) is 11.4. The third-order valence-electron chi connectivity index (χ3n) is 5.48. The van der Waals surface area contributed by atoms with Crippen molar-refractivity contribution in [2.24, 2.45) is 0 Å². The highest BCUT2D eigenvalue weighted by atomic mass is 32.1. The van der Waals surface area contributed by atoms with Gasteiger partial charge in [-0.15, -0.1) is 11.3 Å². The van der Waals surface area contributed by atoms with E-state index >= 15 is 0 Å². The Bertz CT molecular complexity index is 1420. The number of nitriles is 2. The highest BCUT2D eigenvalue weighted by molar-refractivity contribution is 7.10. The topological polar surface area (TPSA) is 91.7 Å². The summed E-state index contributed by atoms with van der Waals surface area (Å²) < 4.78 is 7.31. The van der Waals surface area contributed by atoms with Crippen LogP contribution >= 0.6 is 11.3 Å². The fraction of sp³-hybridized carbons (Fsp3) is 0.154. The molecule has 162 valence electrons. The Morgan fingerprint density at radius 1 is 1.12 bits per heavy atom. The number of carbonyl (C=O) groups is 1. The molecule has 0 aliphatic rings. The number of thiazole rings is 1. The molecule has 1 unspecified atom stereocenters. The number of nitrogens with zero attached hydrogens (tertiary/aromatic N) is 4. The Morgan fingerprint density at radius 3 is 2.55 bits per heavy atom. The lowest BCUT2D eigenvalue weighted by atomic mass is 9.99. The molecular weight excluding hydrogens is 432 g/mol. The highest BCUT2D eigenvalue weighted by Crippen LogP contribution is 2.31. The first-order valence-electron chi connectivity index (χ1n) is 10.2. The molecule has 0 saturated heterocycles. The molecule has 0 spiro atoms. The molecule has 1 atom stereocenters. The molecule has 6 nitrogen and oxygen atoms in total. The van der Waals surface area contributed by atoms with Crippen LogP contribution in [0.15, 0.2) is 60.0 Å². The van der Waals surface area contributed by atoms with Gasteiger partial charge in [-0.25, -0.2) is 4.98 Å². The molecule has 0 N–H and O–H groups in total. The van der Waals surface area contributed by atoms with Crippen LogP contribution in [0.1, 0.15) is 38.2 Å². The average Bonchev–Trinajstić information content (AvgIpc) is 3.44. The molecule has 7 heteroatoms. The van der Waals surface area contributed by atoms with Crippen molar-refractivity contribution >= 4 is 17.1 Å². The summed E-state index contributed by atoms with van der Waals surface area (Å²) in [5.41, 5.74) is 5.09. The molecular formula is C26H20N4O2S. The number of aromatic nitrogens is 2. The standard InChI is InChI=1S/C26H20N4O2S/c1-16-11-22(17(2)30(16)20-5-4-6-21(12-20)32-3)25(31)23(14-28)26-29-24(15-33-26)19-9-7-18(13-27)8-10-19/h4-12,15,23H,1-3H3. The maximum atomic E-state index is 13.4. The van der Waals surface area contributed by atoms with Crippen molar-refractivity contribution in [1.82, 2.24) is 9.55 Å². The SMILES string of the molecule is COc1cccc(-n2c(C)cc(C(=O)C(C#N)c3nc(-c4ccc(C#N)cc4)cs3)c2C)c1. The summed E-state index contributed by atoms with van der Waals surface area (Å²) in [7, 11) is 1.61. The van der Waals surface area contributed by atoms with Crippen LogP contribution in [0.5, 0.6) is 5.75 Å². The number of ketones is 1. The van der Waals surface area contributed by atoms with E-state index in [0.717, 1.165) is 28.4 Å². The van der Waals surface area contributed by atoms with Gasteiger partial charge in [0.1, 0.15) is 10.8 Å². The van der Waals surface area contributed by atoms with Crippen LogP contribution in [0.2, 0.25) is 0 Å². The zero-order chi connectivity index (χ0) is 23.5. The summed E-state index contributed by atoms with van der Waals surface area (Å²) in [6, 6.07) is 20.7. The van der Waals surface area contributed by atoms with E-state index in [2.05, 4.69) is 17.1 Å². The van der Waals surface area contributed by atoms with Crippen molar-refractivity contribution < 1.29 is 9.53 Å². The van der Waals surface area contributed by atoms with Crippen molar-refractivity contribution in [3.05, 3.63) is 87.5 Å². The first kappa shape index (κ1) is 22.0. The number of hydrogen-bond donors (Lipinski definition) is 0. The van der Waals surface area contributed by atoms with E-state index in [4.69, 9.17) is 10.00 Å². The van der Waals surface area contributed by atoms with Gasteiger partial charge >= 0.3 is 0 Å². The third kappa shape index (κ3) is 4.15. The third-order valence-corrected chi connectivity index (χ3v) is 6.39. The smallest absolute Gasteiger partial charge is 0.188 e. The van der Waals surface area contributed by atoms with Crippen molar-refractivity contribution in [1.29, 1.82) is 10.5 Å². The Kier molecular flexibility index (Phi) is 6.08. The second-order valence-electron chi connectivity index (χ2n) is 7.51. The van der Waals surface area contributed by atoms with E-state index < -0.39 is 5.92 Å². The molecule has 0 amide bonds. The molecule has 0 aliphatic carbocycles. The van der Waals surface area contributed by atoms with E-state index in [0.29, 0.717) is 21.8 Å². The molecule has 2 aromatic heterocycles. The van der Waals surface area contributed by atoms with Gasteiger partial charge in [-0.3, -0.25) is 4.79 Å². The van der Waals surface area contributed by atoms with E-state index in [9.17, 15) is 10.1 Å². The molecule has 2 aromatic carbocycles. The van der Waals surface area contributed by atoms with Gasteiger partial charge in [0.15, 0.2) is 11.7 Å². The van der Waals surface area contributed by atoms with Gasteiger partial charge in [0.05, 0.1) is 30.5 Å². The van der Waals surface area contributed by atoms with Crippen LogP contribution in [0, 0.1) is 36.5 Å². The molecule has 33 heavy (non-hydrogen) atoms. The monoisotopic (exact) mass is 452 g/mol. The predicted octanol–water partition coefficient (Wildman–Crippen LogP) is 5.59. The van der Waals surface area contributed by atoms with Gasteiger partial charge in [-0.05, 0) is 44.2 Å². The van der Waals surface area contributed by atoms with Gasteiger partial charge in [0, 0.05) is 39.6 Å². The maximum absolute atomic E-state index is 13.4. The van der Waals surface area contributed by atoms with Crippen molar-refractivity contribution in [2.75, 3.05) is 7.11 Å². The number of benzene rings is 2. The van der Waals surface area contributed by atoms with Gasteiger partial charge in [-0.1, -0.05) is 18.2 Å². The minimum atomic E-state index is -0.999. The Labute approximate surface area is 195 Å². The Balaban J connectivity index is 1.67. The van der Waals surface area contributed by atoms with E-state index in [1.807, 2.05) is 66.3 Å². The largest absolute Gasteiger partial charge is 0.497 e. The number of methoxy groups -OCH3 is 1. The fourth-order valence-electron chi connectivity index (χ4n) is 3.81. The molecule has 0 radical (unpaired) electrons. The van der Waals surface area contributed by atoms with Crippen molar-refractivity contribution in [3.63, 3.8) is 0 Å². The molecule has 2 heterocycles. The van der Waals surface area contributed by atoms with Gasteiger partial charge in [-0.2, -0.15) is 10.5 Å². The van der Waals surface area contributed by atoms with Crippen molar-refractivity contribution in [3.8, 4) is 34.8 Å². The van der Waals surface area contributed by atoms with Gasteiger partial charge in [0.2, 0.25) is 0 Å². The van der Waals surface area contributed by atoms with E-state index in [-0.39, 0.29) is 5.78 Å². The zero-order valence-electron chi connectivity index (χ0n) is 18.4. The number of Topliss-reactive ketones (excluding diaryl/α,β-unsaturated/α-hetero) is 1.